The summed E-state index contributed by atoms with van der Waals surface area (Å²) in [5.74, 6) is 0.130. The van der Waals surface area contributed by atoms with Crippen LogP contribution in [0.15, 0.2) is 55.1 Å². The molecule has 0 radical (unpaired) electrons. The molecule has 1 N–H and O–H groups in total. The topological polar surface area (TPSA) is 55.8 Å². The van der Waals surface area contributed by atoms with E-state index in [4.69, 9.17) is 14.6 Å². The molecule has 0 atom stereocenters. The minimum absolute atomic E-state index is 0.384. The zero-order valence-electron chi connectivity index (χ0n) is 11.5. The van der Waals surface area contributed by atoms with E-state index < -0.39 is 5.97 Å². The molecule has 0 saturated heterocycles. The highest BCUT2D eigenvalue weighted by Crippen LogP contribution is 2.25. The van der Waals surface area contributed by atoms with E-state index in [-0.39, 0.29) is 6.61 Å². The summed E-state index contributed by atoms with van der Waals surface area (Å²) in [7, 11) is 0. The highest BCUT2D eigenvalue weighted by molar-refractivity contribution is 5.69. The molecule has 2 aromatic carbocycles. The standard InChI is InChI=1S/C17H16O4/c1-2-14-10-15(8-9-16(14)21-12-17(18)19)20-11-13-6-4-3-5-7-13/h2-10H,1,11-12H2,(H,18,19). The van der Waals surface area contributed by atoms with Crippen molar-refractivity contribution in [3.05, 3.63) is 66.2 Å². The van der Waals surface area contributed by atoms with E-state index in [0.717, 1.165) is 5.56 Å². The van der Waals surface area contributed by atoms with Crippen LogP contribution < -0.4 is 9.47 Å². The van der Waals surface area contributed by atoms with Crippen molar-refractivity contribution in [2.24, 2.45) is 0 Å². The Bertz CT molecular complexity index is 620. The summed E-state index contributed by atoms with van der Waals surface area (Å²) in [5, 5.41) is 8.63. The van der Waals surface area contributed by atoms with Gasteiger partial charge in [-0.2, -0.15) is 0 Å². The van der Waals surface area contributed by atoms with E-state index in [1.807, 2.05) is 30.3 Å². The molecule has 4 nitrogen and oxygen atoms in total. The fourth-order valence-electron chi connectivity index (χ4n) is 1.79. The van der Waals surface area contributed by atoms with Crippen LogP contribution in [0.2, 0.25) is 0 Å². The molecule has 0 amide bonds. The quantitative estimate of drug-likeness (QED) is 0.847. The van der Waals surface area contributed by atoms with Crippen LogP contribution in [0.5, 0.6) is 11.5 Å². The molecule has 0 aliphatic rings. The van der Waals surface area contributed by atoms with Gasteiger partial charge in [0.1, 0.15) is 18.1 Å². The van der Waals surface area contributed by atoms with Crippen LogP contribution >= 0.6 is 0 Å². The summed E-state index contributed by atoms with van der Waals surface area (Å²) >= 11 is 0. The van der Waals surface area contributed by atoms with Gasteiger partial charge in [-0.3, -0.25) is 0 Å². The largest absolute Gasteiger partial charge is 0.489 e. The van der Waals surface area contributed by atoms with E-state index in [1.165, 1.54) is 0 Å². The van der Waals surface area contributed by atoms with Gasteiger partial charge in [0.2, 0.25) is 0 Å². The van der Waals surface area contributed by atoms with Crippen molar-refractivity contribution in [1.29, 1.82) is 0 Å². The van der Waals surface area contributed by atoms with Crippen LogP contribution in [-0.4, -0.2) is 17.7 Å². The number of hydrogen-bond donors (Lipinski definition) is 1. The van der Waals surface area contributed by atoms with Crippen molar-refractivity contribution in [3.63, 3.8) is 0 Å². The third-order valence-electron chi connectivity index (χ3n) is 2.80. The van der Waals surface area contributed by atoms with Gasteiger partial charge < -0.3 is 14.6 Å². The minimum Gasteiger partial charge on any atom is -0.489 e. The summed E-state index contributed by atoms with van der Waals surface area (Å²) in [6.07, 6.45) is 1.60. The Balaban J connectivity index is 2.04. The maximum absolute atomic E-state index is 10.5. The maximum Gasteiger partial charge on any atom is 0.341 e. The average Bonchev–Trinajstić information content (AvgIpc) is 2.52. The molecule has 21 heavy (non-hydrogen) atoms. The first-order valence-corrected chi connectivity index (χ1v) is 6.47. The number of ether oxygens (including phenoxy) is 2. The molecule has 2 rings (SSSR count). The van der Waals surface area contributed by atoms with Crippen molar-refractivity contribution < 1.29 is 19.4 Å². The van der Waals surface area contributed by atoms with Gasteiger partial charge in [0.05, 0.1) is 0 Å². The smallest absolute Gasteiger partial charge is 0.341 e. The summed E-state index contributed by atoms with van der Waals surface area (Å²) in [4.78, 5) is 10.5. The van der Waals surface area contributed by atoms with Crippen LogP contribution in [-0.2, 0) is 11.4 Å². The molecule has 0 heterocycles. The number of carboxylic acid groups (broad SMARTS) is 1. The van der Waals surface area contributed by atoms with Gasteiger partial charge in [-0.05, 0) is 23.8 Å². The molecule has 0 bridgehead atoms. The number of benzene rings is 2. The first-order valence-electron chi connectivity index (χ1n) is 6.47. The van der Waals surface area contributed by atoms with Crippen LogP contribution in [0.25, 0.3) is 6.08 Å². The first-order chi connectivity index (χ1) is 10.2. The van der Waals surface area contributed by atoms with Gasteiger partial charge in [-0.1, -0.05) is 43.0 Å². The zero-order valence-corrected chi connectivity index (χ0v) is 11.5. The van der Waals surface area contributed by atoms with Gasteiger partial charge in [0.15, 0.2) is 6.61 Å². The second-order valence-electron chi connectivity index (χ2n) is 4.36. The van der Waals surface area contributed by atoms with E-state index in [1.54, 1.807) is 24.3 Å². The van der Waals surface area contributed by atoms with Gasteiger partial charge >= 0.3 is 5.97 Å². The van der Waals surface area contributed by atoms with Crippen molar-refractivity contribution in [2.45, 2.75) is 6.61 Å². The lowest BCUT2D eigenvalue weighted by atomic mass is 10.2. The van der Waals surface area contributed by atoms with Crippen molar-refractivity contribution in [3.8, 4) is 11.5 Å². The summed E-state index contributed by atoms with van der Waals surface area (Å²) in [6.45, 7) is 3.78. The lowest BCUT2D eigenvalue weighted by molar-refractivity contribution is -0.139. The predicted molar refractivity (Wildman–Crippen MR) is 80.4 cm³/mol. The number of carbonyl (C=O) groups is 1. The lowest BCUT2D eigenvalue weighted by Crippen LogP contribution is -2.10. The molecule has 0 fully saturated rings. The zero-order chi connectivity index (χ0) is 15.1. The molecule has 0 saturated carbocycles. The SMILES string of the molecule is C=Cc1cc(OCc2ccccc2)ccc1OCC(=O)O. The molecule has 2 aromatic rings. The maximum atomic E-state index is 10.5. The van der Waals surface area contributed by atoms with Crippen LogP contribution in [0.4, 0.5) is 0 Å². The van der Waals surface area contributed by atoms with E-state index in [9.17, 15) is 4.79 Å². The first kappa shape index (κ1) is 14.7. The van der Waals surface area contributed by atoms with Crippen molar-refractivity contribution in [2.75, 3.05) is 6.61 Å². The normalized spacial score (nSPS) is 9.90. The molecule has 0 aliphatic heterocycles. The number of rotatable bonds is 7. The highest BCUT2D eigenvalue weighted by Gasteiger charge is 2.06. The molecule has 0 aliphatic carbocycles. The van der Waals surface area contributed by atoms with Crippen LogP contribution in [0.3, 0.4) is 0 Å². The Morgan fingerprint density at radius 1 is 1.14 bits per heavy atom. The predicted octanol–water partition coefficient (Wildman–Crippen LogP) is 3.37. The number of aliphatic carboxylic acids is 1. The summed E-state index contributed by atoms with van der Waals surface area (Å²) < 4.78 is 10.9. The molecule has 108 valence electrons. The van der Waals surface area contributed by atoms with E-state index in [2.05, 4.69) is 6.58 Å². The monoisotopic (exact) mass is 284 g/mol. The number of carboxylic acids is 1. The van der Waals surface area contributed by atoms with E-state index in [0.29, 0.717) is 23.7 Å². The Morgan fingerprint density at radius 3 is 2.57 bits per heavy atom. The summed E-state index contributed by atoms with van der Waals surface area (Å²) in [6, 6.07) is 15.0. The molecular formula is C17H16O4. The summed E-state index contributed by atoms with van der Waals surface area (Å²) in [5.41, 5.74) is 1.77. The fourth-order valence-corrected chi connectivity index (χ4v) is 1.79. The Kier molecular flexibility index (Phi) is 4.99. The van der Waals surface area contributed by atoms with Crippen molar-refractivity contribution in [1.82, 2.24) is 0 Å². The number of hydrogen-bond acceptors (Lipinski definition) is 3. The van der Waals surface area contributed by atoms with Gasteiger partial charge in [-0.15, -0.1) is 0 Å². The van der Waals surface area contributed by atoms with Crippen LogP contribution in [0, 0.1) is 0 Å². The highest BCUT2D eigenvalue weighted by atomic mass is 16.5. The fraction of sp³-hybridized carbons (Fsp3) is 0.118. The second kappa shape index (κ2) is 7.14. The third kappa shape index (κ3) is 4.38. The molecule has 4 heteroatoms. The van der Waals surface area contributed by atoms with E-state index >= 15 is 0 Å². The van der Waals surface area contributed by atoms with Gasteiger partial charge in [0, 0.05) is 5.56 Å². The van der Waals surface area contributed by atoms with Crippen LogP contribution in [0.1, 0.15) is 11.1 Å². The third-order valence-corrected chi connectivity index (χ3v) is 2.80. The molecule has 0 spiro atoms. The van der Waals surface area contributed by atoms with Gasteiger partial charge in [-0.25, -0.2) is 4.79 Å². The molecular weight excluding hydrogens is 268 g/mol. The Hall–Kier alpha value is -2.75. The lowest BCUT2D eigenvalue weighted by Gasteiger charge is -2.11. The Labute approximate surface area is 123 Å². The average molecular weight is 284 g/mol. The van der Waals surface area contributed by atoms with Gasteiger partial charge in [0.25, 0.3) is 0 Å². The minimum atomic E-state index is -1.02. The Morgan fingerprint density at radius 2 is 1.90 bits per heavy atom. The molecule has 0 aromatic heterocycles. The molecule has 0 unspecified atom stereocenters. The second-order valence-corrected chi connectivity index (χ2v) is 4.36. The van der Waals surface area contributed by atoms with Crippen molar-refractivity contribution >= 4 is 12.0 Å².